The zero-order valence-electron chi connectivity index (χ0n) is 8.05. The SMILES string of the molecule is CNc1ccc(C(F)(F)F)n(OC)c1=O. The Kier molecular flexibility index (Phi) is 2.92. The van der Waals surface area contributed by atoms with E-state index >= 15 is 0 Å². The third kappa shape index (κ3) is 2.05. The van der Waals surface area contributed by atoms with Crippen molar-refractivity contribution < 1.29 is 18.0 Å². The van der Waals surface area contributed by atoms with Crippen molar-refractivity contribution in [2.75, 3.05) is 19.5 Å². The van der Waals surface area contributed by atoms with Crippen molar-refractivity contribution >= 4 is 5.69 Å². The minimum absolute atomic E-state index is 0.0323. The molecule has 0 aromatic carbocycles. The monoisotopic (exact) mass is 222 g/mol. The number of pyridine rings is 1. The smallest absolute Gasteiger partial charge is 0.413 e. The molecule has 7 heteroatoms. The summed E-state index contributed by atoms with van der Waals surface area (Å²) in [7, 11) is 2.43. The molecule has 84 valence electrons. The van der Waals surface area contributed by atoms with Crippen LogP contribution >= 0.6 is 0 Å². The summed E-state index contributed by atoms with van der Waals surface area (Å²) in [5.41, 5.74) is -1.99. The Hall–Kier alpha value is -1.66. The van der Waals surface area contributed by atoms with E-state index in [1.165, 1.54) is 7.05 Å². The van der Waals surface area contributed by atoms with Gasteiger partial charge in [-0.1, -0.05) is 0 Å². The van der Waals surface area contributed by atoms with Gasteiger partial charge in [-0.05, 0) is 12.1 Å². The number of alkyl halides is 3. The summed E-state index contributed by atoms with van der Waals surface area (Å²) >= 11 is 0. The molecule has 0 saturated heterocycles. The summed E-state index contributed by atoms with van der Waals surface area (Å²) in [6, 6.07) is 1.83. The van der Waals surface area contributed by atoms with E-state index in [-0.39, 0.29) is 10.4 Å². The number of hydrogen-bond donors (Lipinski definition) is 1. The standard InChI is InChI=1S/C8H9F3N2O2/c1-12-5-3-4-6(8(9,10)11)13(15-2)7(5)14/h3-4,12H,1-2H3. The largest absolute Gasteiger partial charge is 0.434 e. The molecule has 1 heterocycles. The van der Waals surface area contributed by atoms with Gasteiger partial charge in [0.2, 0.25) is 0 Å². The highest BCUT2D eigenvalue weighted by atomic mass is 19.4. The minimum atomic E-state index is -4.62. The van der Waals surface area contributed by atoms with Gasteiger partial charge in [0.15, 0.2) is 5.69 Å². The van der Waals surface area contributed by atoms with Gasteiger partial charge in [-0.15, -0.1) is 4.73 Å². The summed E-state index contributed by atoms with van der Waals surface area (Å²) in [5, 5.41) is 2.47. The maximum absolute atomic E-state index is 12.4. The van der Waals surface area contributed by atoms with Gasteiger partial charge in [-0.25, -0.2) is 0 Å². The highest BCUT2D eigenvalue weighted by Gasteiger charge is 2.35. The van der Waals surface area contributed by atoms with Crippen molar-refractivity contribution in [1.29, 1.82) is 0 Å². The first-order valence-electron chi connectivity index (χ1n) is 3.97. The van der Waals surface area contributed by atoms with E-state index in [0.29, 0.717) is 0 Å². The molecule has 0 fully saturated rings. The van der Waals surface area contributed by atoms with Crippen LogP contribution in [0.5, 0.6) is 0 Å². The zero-order valence-corrected chi connectivity index (χ0v) is 8.05. The lowest BCUT2D eigenvalue weighted by Gasteiger charge is -2.14. The van der Waals surface area contributed by atoms with Gasteiger partial charge < -0.3 is 10.2 Å². The Labute approximate surface area is 83.2 Å². The molecule has 0 spiro atoms. The molecule has 0 saturated carbocycles. The number of rotatable bonds is 2. The maximum Gasteiger partial charge on any atom is 0.434 e. The van der Waals surface area contributed by atoms with E-state index in [1.54, 1.807) is 0 Å². The van der Waals surface area contributed by atoms with Crippen LogP contribution in [0.1, 0.15) is 5.69 Å². The van der Waals surface area contributed by atoms with Crippen LogP contribution in [-0.2, 0) is 6.18 Å². The van der Waals surface area contributed by atoms with Gasteiger partial charge in [0, 0.05) is 7.05 Å². The quantitative estimate of drug-likeness (QED) is 0.810. The molecule has 0 radical (unpaired) electrons. The third-order valence-electron chi connectivity index (χ3n) is 1.78. The summed E-state index contributed by atoms with van der Waals surface area (Å²) in [5.74, 6) is 0. The molecule has 0 amide bonds. The number of nitrogens with one attached hydrogen (secondary N) is 1. The van der Waals surface area contributed by atoms with Crippen LogP contribution in [0.4, 0.5) is 18.9 Å². The second-order valence-corrected chi connectivity index (χ2v) is 2.66. The fourth-order valence-electron chi connectivity index (χ4n) is 1.10. The average Bonchev–Trinajstić information content (AvgIpc) is 2.15. The van der Waals surface area contributed by atoms with Crippen molar-refractivity contribution in [2.24, 2.45) is 0 Å². The molecule has 0 aliphatic rings. The second kappa shape index (κ2) is 3.84. The van der Waals surface area contributed by atoms with E-state index in [4.69, 9.17) is 0 Å². The average molecular weight is 222 g/mol. The zero-order chi connectivity index (χ0) is 11.6. The molecule has 1 N–H and O–H groups in total. The number of anilines is 1. The van der Waals surface area contributed by atoms with E-state index in [9.17, 15) is 18.0 Å². The summed E-state index contributed by atoms with van der Waals surface area (Å²) in [6.07, 6.45) is -4.62. The molecule has 0 aliphatic heterocycles. The molecule has 1 aromatic rings. The summed E-state index contributed by atoms with van der Waals surface area (Å²) in [4.78, 5) is 15.8. The molecular weight excluding hydrogens is 213 g/mol. The van der Waals surface area contributed by atoms with Gasteiger partial charge in [0.25, 0.3) is 0 Å². The Bertz CT molecular complexity index is 411. The van der Waals surface area contributed by atoms with Crippen LogP contribution in [-0.4, -0.2) is 18.9 Å². The normalized spacial score (nSPS) is 11.3. The molecule has 4 nitrogen and oxygen atoms in total. The third-order valence-corrected chi connectivity index (χ3v) is 1.78. The Morgan fingerprint density at radius 1 is 1.40 bits per heavy atom. The highest BCUT2D eigenvalue weighted by molar-refractivity contribution is 5.40. The molecule has 0 aliphatic carbocycles. The molecule has 0 bridgehead atoms. The number of nitrogens with zero attached hydrogens (tertiary/aromatic N) is 1. The Morgan fingerprint density at radius 3 is 2.40 bits per heavy atom. The van der Waals surface area contributed by atoms with Crippen LogP contribution in [0.2, 0.25) is 0 Å². The van der Waals surface area contributed by atoms with Crippen LogP contribution in [0.15, 0.2) is 16.9 Å². The highest BCUT2D eigenvalue weighted by Crippen LogP contribution is 2.28. The van der Waals surface area contributed by atoms with E-state index in [0.717, 1.165) is 19.2 Å². The molecule has 1 aromatic heterocycles. The van der Waals surface area contributed by atoms with Crippen LogP contribution in [0, 0.1) is 0 Å². The van der Waals surface area contributed by atoms with Crippen molar-refractivity contribution in [3.05, 3.63) is 28.2 Å². The van der Waals surface area contributed by atoms with Crippen molar-refractivity contribution in [1.82, 2.24) is 4.73 Å². The molecule has 15 heavy (non-hydrogen) atoms. The minimum Gasteiger partial charge on any atom is -0.413 e. The van der Waals surface area contributed by atoms with E-state index in [1.807, 2.05) is 0 Å². The van der Waals surface area contributed by atoms with Crippen LogP contribution in [0.25, 0.3) is 0 Å². The first-order valence-corrected chi connectivity index (χ1v) is 3.97. The molecular formula is C8H9F3N2O2. The van der Waals surface area contributed by atoms with Crippen molar-refractivity contribution in [2.45, 2.75) is 6.18 Å². The summed E-state index contributed by atoms with van der Waals surface area (Å²) in [6.45, 7) is 0. The van der Waals surface area contributed by atoms with Crippen LogP contribution in [0.3, 0.4) is 0 Å². The lowest BCUT2D eigenvalue weighted by Crippen LogP contribution is -2.32. The first kappa shape index (κ1) is 11.4. The van der Waals surface area contributed by atoms with Crippen LogP contribution < -0.4 is 15.7 Å². The van der Waals surface area contributed by atoms with Crippen molar-refractivity contribution in [3.63, 3.8) is 0 Å². The van der Waals surface area contributed by atoms with Gasteiger partial charge in [0.1, 0.15) is 12.8 Å². The number of aromatic nitrogens is 1. The summed E-state index contributed by atoms with van der Waals surface area (Å²) < 4.78 is 37.4. The Balaban J connectivity index is 3.45. The molecule has 1 rings (SSSR count). The molecule has 0 atom stereocenters. The van der Waals surface area contributed by atoms with Gasteiger partial charge in [-0.3, -0.25) is 4.79 Å². The predicted octanol–water partition coefficient (Wildman–Crippen LogP) is 0.967. The fraction of sp³-hybridized carbons (Fsp3) is 0.375. The van der Waals surface area contributed by atoms with Gasteiger partial charge in [0.05, 0.1) is 0 Å². The topological polar surface area (TPSA) is 43.3 Å². The maximum atomic E-state index is 12.4. The first-order chi connectivity index (χ1) is 6.91. The fourth-order valence-corrected chi connectivity index (χ4v) is 1.10. The van der Waals surface area contributed by atoms with Crippen molar-refractivity contribution in [3.8, 4) is 0 Å². The molecule has 0 unspecified atom stereocenters. The number of hydrogen-bond acceptors (Lipinski definition) is 3. The van der Waals surface area contributed by atoms with Gasteiger partial charge >= 0.3 is 11.7 Å². The second-order valence-electron chi connectivity index (χ2n) is 2.66. The van der Waals surface area contributed by atoms with E-state index < -0.39 is 17.4 Å². The van der Waals surface area contributed by atoms with E-state index in [2.05, 4.69) is 10.2 Å². The lowest BCUT2D eigenvalue weighted by molar-refractivity contribution is -0.151. The lowest BCUT2D eigenvalue weighted by atomic mass is 10.3. The number of halogens is 3. The Morgan fingerprint density at radius 2 is 2.00 bits per heavy atom. The predicted molar refractivity (Wildman–Crippen MR) is 47.8 cm³/mol. The van der Waals surface area contributed by atoms with Gasteiger partial charge in [-0.2, -0.15) is 13.2 Å².